The Bertz CT molecular complexity index is 276. The minimum absolute atomic E-state index is 0.0731. The zero-order chi connectivity index (χ0) is 13.6. The molecule has 0 bridgehead atoms. The van der Waals surface area contributed by atoms with Crippen molar-refractivity contribution >= 4 is 11.9 Å². The molecule has 1 aliphatic rings. The van der Waals surface area contributed by atoms with Crippen LogP contribution in [0.25, 0.3) is 0 Å². The Morgan fingerprint density at radius 1 is 1.11 bits per heavy atom. The van der Waals surface area contributed by atoms with E-state index in [0.29, 0.717) is 6.42 Å². The van der Waals surface area contributed by atoms with Crippen LogP contribution < -0.4 is 0 Å². The summed E-state index contributed by atoms with van der Waals surface area (Å²) in [7, 11) is 2.70. The van der Waals surface area contributed by atoms with Gasteiger partial charge < -0.3 is 9.47 Å². The predicted molar refractivity (Wildman–Crippen MR) is 67.9 cm³/mol. The molecule has 104 valence electrons. The van der Waals surface area contributed by atoms with Gasteiger partial charge in [0, 0.05) is 0 Å². The summed E-state index contributed by atoms with van der Waals surface area (Å²) in [5, 5.41) is 0. The Hall–Kier alpha value is -1.06. The van der Waals surface area contributed by atoms with Gasteiger partial charge in [-0.2, -0.15) is 0 Å². The molecule has 0 amide bonds. The van der Waals surface area contributed by atoms with E-state index in [1.807, 2.05) is 6.92 Å². The molecule has 1 fully saturated rings. The number of rotatable bonds is 6. The van der Waals surface area contributed by atoms with E-state index in [1.165, 1.54) is 14.2 Å². The van der Waals surface area contributed by atoms with Crippen molar-refractivity contribution in [3.63, 3.8) is 0 Å². The zero-order valence-corrected chi connectivity index (χ0v) is 11.7. The summed E-state index contributed by atoms with van der Waals surface area (Å²) in [6.45, 7) is 2.05. The van der Waals surface area contributed by atoms with E-state index in [1.54, 1.807) is 0 Å². The quantitative estimate of drug-likeness (QED) is 0.541. The molecule has 1 aliphatic carbocycles. The van der Waals surface area contributed by atoms with Crippen LogP contribution in [0.5, 0.6) is 0 Å². The van der Waals surface area contributed by atoms with Crippen molar-refractivity contribution in [1.82, 2.24) is 0 Å². The third-order valence-corrected chi connectivity index (χ3v) is 4.08. The highest BCUT2D eigenvalue weighted by molar-refractivity contribution is 6.00. The highest BCUT2D eigenvalue weighted by Gasteiger charge is 2.54. The maximum absolute atomic E-state index is 12.2. The number of methoxy groups -OCH3 is 2. The van der Waals surface area contributed by atoms with Gasteiger partial charge in [0.05, 0.1) is 14.2 Å². The Balaban J connectivity index is 3.06. The second kappa shape index (κ2) is 6.76. The maximum Gasteiger partial charge on any atom is 0.323 e. The van der Waals surface area contributed by atoms with Crippen molar-refractivity contribution in [3.8, 4) is 0 Å². The van der Waals surface area contributed by atoms with Crippen molar-refractivity contribution in [2.24, 2.45) is 11.3 Å². The van der Waals surface area contributed by atoms with Gasteiger partial charge in [-0.15, -0.1) is 0 Å². The summed E-state index contributed by atoms with van der Waals surface area (Å²) in [6, 6.07) is 0. The molecule has 0 aromatic carbocycles. The van der Waals surface area contributed by atoms with Gasteiger partial charge >= 0.3 is 11.9 Å². The van der Waals surface area contributed by atoms with Gasteiger partial charge in [-0.3, -0.25) is 9.59 Å². The molecule has 1 saturated carbocycles. The molecule has 0 N–H and O–H groups in total. The second-order valence-corrected chi connectivity index (χ2v) is 5.04. The largest absolute Gasteiger partial charge is 0.468 e. The van der Waals surface area contributed by atoms with Gasteiger partial charge in [0.25, 0.3) is 0 Å². The first-order valence-electron chi connectivity index (χ1n) is 6.80. The first kappa shape index (κ1) is 15.0. The fourth-order valence-corrected chi connectivity index (χ4v) is 3.06. The maximum atomic E-state index is 12.2. The van der Waals surface area contributed by atoms with E-state index in [4.69, 9.17) is 9.47 Å². The SMILES string of the molecule is CCCCC(C(=O)OC)(C(=O)OC)C1CCCC1. The van der Waals surface area contributed by atoms with Crippen LogP contribution in [0.15, 0.2) is 0 Å². The molecule has 1 rings (SSSR count). The van der Waals surface area contributed by atoms with E-state index in [-0.39, 0.29) is 5.92 Å². The Morgan fingerprint density at radius 3 is 2.00 bits per heavy atom. The lowest BCUT2D eigenvalue weighted by Crippen LogP contribution is -2.46. The number of carbonyl (C=O) groups is 2. The van der Waals surface area contributed by atoms with Gasteiger partial charge in [0.1, 0.15) is 0 Å². The van der Waals surface area contributed by atoms with Crippen molar-refractivity contribution in [3.05, 3.63) is 0 Å². The lowest BCUT2D eigenvalue weighted by atomic mass is 9.70. The zero-order valence-electron chi connectivity index (χ0n) is 11.7. The lowest BCUT2D eigenvalue weighted by molar-refractivity contribution is -0.174. The van der Waals surface area contributed by atoms with E-state index >= 15 is 0 Å². The smallest absolute Gasteiger partial charge is 0.323 e. The molecule has 0 heterocycles. The molecule has 4 heteroatoms. The van der Waals surface area contributed by atoms with E-state index in [0.717, 1.165) is 38.5 Å². The monoisotopic (exact) mass is 256 g/mol. The van der Waals surface area contributed by atoms with Crippen LogP contribution in [0.1, 0.15) is 51.9 Å². The van der Waals surface area contributed by atoms with Crippen molar-refractivity contribution in [2.45, 2.75) is 51.9 Å². The first-order valence-corrected chi connectivity index (χ1v) is 6.80. The number of carbonyl (C=O) groups excluding carboxylic acids is 2. The second-order valence-electron chi connectivity index (χ2n) is 5.04. The Morgan fingerprint density at radius 2 is 1.61 bits per heavy atom. The molecular weight excluding hydrogens is 232 g/mol. The van der Waals surface area contributed by atoms with Crippen LogP contribution in [0.3, 0.4) is 0 Å². The number of esters is 2. The molecule has 0 radical (unpaired) electrons. The average Bonchev–Trinajstić information content (AvgIpc) is 2.93. The van der Waals surface area contributed by atoms with Gasteiger partial charge in [0.2, 0.25) is 0 Å². The van der Waals surface area contributed by atoms with E-state index in [9.17, 15) is 9.59 Å². The van der Waals surface area contributed by atoms with E-state index in [2.05, 4.69) is 0 Å². The van der Waals surface area contributed by atoms with E-state index < -0.39 is 17.4 Å². The van der Waals surface area contributed by atoms with Crippen molar-refractivity contribution in [2.75, 3.05) is 14.2 Å². The van der Waals surface area contributed by atoms with Crippen LogP contribution in [-0.4, -0.2) is 26.2 Å². The van der Waals surface area contributed by atoms with Crippen LogP contribution >= 0.6 is 0 Å². The summed E-state index contributed by atoms with van der Waals surface area (Å²) >= 11 is 0. The van der Waals surface area contributed by atoms with Gasteiger partial charge in [-0.05, 0) is 25.2 Å². The number of hydrogen-bond donors (Lipinski definition) is 0. The standard InChI is InChI=1S/C14H24O4/c1-4-5-10-14(12(15)17-2,13(16)18-3)11-8-6-7-9-11/h11H,4-10H2,1-3H3. The first-order chi connectivity index (χ1) is 8.63. The number of ether oxygens (including phenoxy) is 2. The fourth-order valence-electron chi connectivity index (χ4n) is 3.06. The summed E-state index contributed by atoms with van der Waals surface area (Å²) in [4.78, 5) is 24.4. The van der Waals surface area contributed by atoms with Crippen LogP contribution in [-0.2, 0) is 19.1 Å². The van der Waals surface area contributed by atoms with Gasteiger partial charge in [-0.1, -0.05) is 32.6 Å². The Kier molecular flexibility index (Phi) is 5.63. The molecule has 0 aromatic rings. The summed E-state index contributed by atoms with van der Waals surface area (Å²) < 4.78 is 9.82. The van der Waals surface area contributed by atoms with Crippen LogP contribution in [0.4, 0.5) is 0 Å². The fraction of sp³-hybridized carbons (Fsp3) is 0.857. The minimum atomic E-state index is -1.07. The normalized spacial score (nSPS) is 16.6. The van der Waals surface area contributed by atoms with Crippen LogP contribution in [0.2, 0.25) is 0 Å². The molecule has 0 atom stereocenters. The highest BCUT2D eigenvalue weighted by Crippen LogP contribution is 2.45. The lowest BCUT2D eigenvalue weighted by Gasteiger charge is -2.33. The Labute approximate surface area is 109 Å². The van der Waals surface area contributed by atoms with Crippen LogP contribution in [0, 0.1) is 11.3 Å². The molecule has 0 aromatic heterocycles. The topological polar surface area (TPSA) is 52.6 Å². The number of unbranched alkanes of at least 4 members (excludes halogenated alkanes) is 1. The third-order valence-electron chi connectivity index (χ3n) is 4.08. The number of hydrogen-bond acceptors (Lipinski definition) is 4. The predicted octanol–water partition coefficient (Wildman–Crippen LogP) is 2.70. The molecule has 18 heavy (non-hydrogen) atoms. The minimum Gasteiger partial charge on any atom is -0.468 e. The van der Waals surface area contributed by atoms with Gasteiger partial charge in [-0.25, -0.2) is 0 Å². The molecule has 0 unspecified atom stereocenters. The average molecular weight is 256 g/mol. The summed E-state index contributed by atoms with van der Waals surface area (Å²) in [5.74, 6) is -0.770. The molecule has 4 nitrogen and oxygen atoms in total. The molecule has 0 saturated heterocycles. The van der Waals surface area contributed by atoms with Gasteiger partial charge in [0.15, 0.2) is 5.41 Å². The highest BCUT2D eigenvalue weighted by atomic mass is 16.5. The van der Waals surface area contributed by atoms with Crippen molar-refractivity contribution in [1.29, 1.82) is 0 Å². The summed E-state index contributed by atoms with van der Waals surface area (Å²) in [6.07, 6.45) is 6.29. The molecular formula is C14H24O4. The summed E-state index contributed by atoms with van der Waals surface area (Å²) in [5.41, 5.74) is -1.07. The molecule has 0 spiro atoms. The molecule has 0 aliphatic heterocycles. The van der Waals surface area contributed by atoms with Crippen molar-refractivity contribution < 1.29 is 19.1 Å². The third kappa shape index (κ3) is 2.68.